The van der Waals surface area contributed by atoms with E-state index in [1.807, 2.05) is 12.1 Å². The van der Waals surface area contributed by atoms with Gasteiger partial charge in [-0.2, -0.15) is 0 Å². The van der Waals surface area contributed by atoms with Crippen LogP contribution in [0.5, 0.6) is 0 Å². The van der Waals surface area contributed by atoms with Crippen LogP contribution in [0.25, 0.3) is 0 Å². The Hall–Kier alpha value is -0.930. The van der Waals surface area contributed by atoms with E-state index >= 15 is 0 Å². The number of halogens is 1. The largest absolute Gasteiger partial charge is 0.381 e. The highest BCUT2D eigenvalue weighted by molar-refractivity contribution is 5.27. The molecule has 106 valence electrons. The summed E-state index contributed by atoms with van der Waals surface area (Å²) in [6.07, 6.45) is 1.98. The average Bonchev–Trinajstić information content (AvgIpc) is 2.37. The summed E-state index contributed by atoms with van der Waals surface area (Å²) in [5.41, 5.74) is 1.37. The van der Waals surface area contributed by atoms with Crippen LogP contribution in [-0.2, 0) is 10.2 Å². The van der Waals surface area contributed by atoms with Gasteiger partial charge in [0, 0.05) is 30.7 Å². The van der Waals surface area contributed by atoms with Crippen molar-refractivity contribution in [2.24, 2.45) is 0 Å². The zero-order chi connectivity index (χ0) is 13.9. The molecule has 0 aliphatic carbocycles. The van der Waals surface area contributed by atoms with Gasteiger partial charge >= 0.3 is 0 Å². The van der Waals surface area contributed by atoms with Gasteiger partial charge in [-0.25, -0.2) is 4.39 Å². The predicted molar refractivity (Wildman–Crippen MR) is 75.9 cm³/mol. The van der Waals surface area contributed by atoms with Crippen LogP contribution in [0.4, 0.5) is 4.39 Å². The number of benzene rings is 1. The molecule has 1 aromatic carbocycles. The van der Waals surface area contributed by atoms with Crippen molar-refractivity contribution < 1.29 is 9.13 Å². The van der Waals surface area contributed by atoms with Gasteiger partial charge in [-0.3, -0.25) is 0 Å². The van der Waals surface area contributed by atoms with Crippen molar-refractivity contribution in [3.63, 3.8) is 0 Å². The minimum atomic E-state index is -0.172. The molecule has 1 aliphatic heterocycles. The monoisotopic (exact) mass is 265 g/mol. The molecule has 1 aromatic rings. The molecule has 1 saturated heterocycles. The Labute approximate surface area is 115 Å². The highest BCUT2D eigenvalue weighted by atomic mass is 19.1. The van der Waals surface area contributed by atoms with E-state index in [9.17, 15) is 4.39 Å². The van der Waals surface area contributed by atoms with Gasteiger partial charge in [-0.15, -0.1) is 0 Å². The van der Waals surface area contributed by atoms with Gasteiger partial charge in [-0.1, -0.05) is 12.1 Å². The number of hydrogen-bond acceptors (Lipinski definition) is 2. The molecule has 0 spiro atoms. The van der Waals surface area contributed by atoms with E-state index in [0.717, 1.165) is 32.6 Å². The second-order valence-corrected chi connectivity index (χ2v) is 6.50. The summed E-state index contributed by atoms with van der Waals surface area (Å²) >= 11 is 0. The Morgan fingerprint density at radius 2 is 1.74 bits per heavy atom. The van der Waals surface area contributed by atoms with Crippen molar-refractivity contribution in [3.8, 4) is 0 Å². The van der Waals surface area contributed by atoms with Crippen molar-refractivity contribution in [2.75, 3.05) is 19.8 Å². The van der Waals surface area contributed by atoms with Crippen molar-refractivity contribution in [1.82, 2.24) is 5.32 Å². The van der Waals surface area contributed by atoms with Gasteiger partial charge in [0.15, 0.2) is 0 Å². The predicted octanol–water partition coefficient (Wildman–Crippen LogP) is 3.26. The molecule has 1 N–H and O–H groups in total. The quantitative estimate of drug-likeness (QED) is 0.905. The molecule has 0 atom stereocenters. The van der Waals surface area contributed by atoms with Crippen LogP contribution in [0.15, 0.2) is 24.3 Å². The lowest BCUT2D eigenvalue weighted by molar-refractivity contribution is 0.0476. The molecule has 1 heterocycles. The highest BCUT2D eigenvalue weighted by Gasteiger charge is 2.35. The minimum absolute atomic E-state index is 0.0687. The summed E-state index contributed by atoms with van der Waals surface area (Å²) in [6, 6.07) is 6.96. The molecule has 2 nitrogen and oxygen atoms in total. The van der Waals surface area contributed by atoms with E-state index in [-0.39, 0.29) is 16.8 Å². The fourth-order valence-corrected chi connectivity index (χ4v) is 2.57. The second-order valence-electron chi connectivity index (χ2n) is 6.50. The molecule has 3 heteroatoms. The van der Waals surface area contributed by atoms with Gasteiger partial charge in [0.25, 0.3) is 0 Å². The van der Waals surface area contributed by atoms with Gasteiger partial charge in [0.05, 0.1) is 0 Å². The Morgan fingerprint density at radius 1 is 1.16 bits per heavy atom. The van der Waals surface area contributed by atoms with E-state index < -0.39 is 0 Å². The molecule has 0 unspecified atom stereocenters. The average molecular weight is 265 g/mol. The van der Waals surface area contributed by atoms with Crippen LogP contribution in [0.1, 0.15) is 39.2 Å². The first-order valence-corrected chi connectivity index (χ1v) is 7.00. The Bertz CT molecular complexity index is 402. The maximum atomic E-state index is 13.1. The van der Waals surface area contributed by atoms with Crippen LogP contribution in [0.3, 0.4) is 0 Å². The lowest BCUT2D eigenvalue weighted by Gasteiger charge is -2.40. The molecule has 0 amide bonds. The molecule has 0 radical (unpaired) electrons. The summed E-state index contributed by atoms with van der Waals surface area (Å²) in [5, 5.41) is 3.60. The van der Waals surface area contributed by atoms with Crippen molar-refractivity contribution in [1.29, 1.82) is 0 Å². The van der Waals surface area contributed by atoms with Crippen LogP contribution in [0.2, 0.25) is 0 Å². The SMILES string of the molecule is CC(C)(C)NCC1(c2ccc(F)cc2)CCOCC1. The normalized spacial score (nSPS) is 19.4. The lowest BCUT2D eigenvalue weighted by Crippen LogP contribution is -2.48. The Morgan fingerprint density at radius 3 is 2.26 bits per heavy atom. The number of rotatable bonds is 3. The highest BCUT2D eigenvalue weighted by Crippen LogP contribution is 2.34. The summed E-state index contributed by atoms with van der Waals surface area (Å²) in [4.78, 5) is 0. The summed E-state index contributed by atoms with van der Waals surface area (Å²) in [5.74, 6) is -0.172. The van der Waals surface area contributed by atoms with Crippen LogP contribution in [-0.4, -0.2) is 25.3 Å². The first-order valence-electron chi connectivity index (χ1n) is 7.00. The van der Waals surface area contributed by atoms with Gasteiger partial charge in [0.2, 0.25) is 0 Å². The molecule has 0 aromatic heterocycles. The number of hydrogen-bond donors (Lipinski definition) is 1. The van der Waals surface area contributed by atoms with Crippen LogP contribution >= 0.6 is 0 Å². The first kappa shape index (κ1) is 14.5. The minimum Gasteiger partial charge on any atom is -0.381 e. The third-order valence-corrected chi connectivity index (χ3v) is 3.86. The fraction of sp³-hybridized carbons (Fsp3) is 0.625. The van der Waals surface area contributed by atoms with E-state index in [1.165, 1.54) is 5.56 Å². The van der Waals surface area contributed by atoms with Gasteiger partial charge in [0.1, 0.15) is 5.82 Å². The van der Waals surface area contributed by atoms with Crippen LogP contribution in [0, 0.1) is 5.82 Å². The second kappa shape index (κ2) is 5.59. The zero-order valence-electron chi connectivity index (χ0n) is 12.1. The third kappa shape index (κ3) is 3.77. The maximum absolute atomic E-state index is 13.1. The molecule has 2 rings (SSSR count). The Balaban J connectivity index is 2.21. The molecule has 19 heavy (non-hydrogen) atoms. The third-order valence-electron chi connectivity index (χ3n) is 3.86. The van der Waals surface area contributed by atoms with Crippen molar-refractivity contribution in [2.45, 2.75) is 44.6 Å². The molecule has 0 bridgehead atoms. The topological polar surface area (TPSA) is 21.3 Å². The standard InChI is InChI=1S/C16H24FNO/c1-15(2,3)18-12-16(8-10-19-11-9-16)13-4-6-14(17)7-5-13/h4-7,18H,8-12H2,1-3H3. The van der Waals surface area contributed by atoms with Crippen molar-refractivity contribution >= 4 is 0 Å². The molecule has 1 fully saturated rings. The lowest BCUT2D eigenvalue weighted by atomic mass is 9.73. The number of nitrogens with one attached hydrogen (secondary N) is 1. The van der Waals surface area contributed by atoms with Crippen LogP contribution < -0.4 is 5.32 Å². The summed E-state index contributed by atoms with van der Waals surface area (Å²) in [6.45, 7) is 8.98. The number of ether oxygens (including phenoxy) is 1. The summed E-state index contributed by atoms with van der Waals surface area (Å²) in [7, 11) is 0. The van der Waals surface area contributed by atoms with E-state index in [1.54, 1.807) is 12.1 Å². The van der Waals surface area contributed by atoms with Gasteiger partial charge in [-0.05, 0) is 51.3 Å². The van der Waals surface area contributed by atoms with E-state index in [0.29, 0.717) is 0 Å². The molecule has 1 aliphatic rings. The smallest absolute Gasteiger partial charge is 0.123 e. The zero-order valence-corrected chi connectivity index (χ0v) is 12.1. The maximum Gasteiger partial charge on any atom is 0.123 e. The van der Waals surface area contributed by atoms with E-state index in [2.05, 4.69) is 26.1 Å². The molecular formula is C16H24FNO. The van der Waals surface area contributed by atoms with Crippen molar-refractivity contribution in [3.05, 3.63) is 35.6 Å². The fourth-order valence-electron chi connectivity index (χ4n) is 2.57. The first-order chi connectivity index (χ1) is 8.91. The van der Waals surface area contributed by atoms with Gasteiger partial charge < -0.3 is 10.1 Å². The Kier molecular flexibility index (Phi) is 4.26. The van der Waals surface area contributed by atoms with E-state index in [4.69, 9.17) is 4.74 Å². The summed E-state index contributed by atoms with van der Waals surface area (Å²) < 4.78 is 18.6. The molecular weight excluding hydrogens is 241 g/mol. The molecule has 0 saturated carbocycles.